The minimum absolute atomic E-state index is 0.0889. The van der Waals surface area contributed by atoms with Gasteiger partial charge in [0, 0.05) is 6.42 Å². The summed E-state index contributed by atoms with van der Waals surface area (Å²) >= 11 is 0. The van der Waals surface area contributed by atoms with Crippen LogP contribution in [0.25, 0.3) is 0 Å². The summed E-state index contributed by atoms with van der Waals surface area (Å²) < 4.78 is 32.2. The van der Waals surface area contributed by atoms with Gasteiger partial charge in [0.05, 0.1) is 18.9 Å². The number of aromatic amines is 1. The largest absolute Gasteiger partial charge is 0.394 e. The van der Waals surface area contributed by atoms with E-state index in [4.69, 9.17) is 9.84 Å². The van der Waals surface area contributed by atoms with Crippen molar-refractivity contribution in [1.29, 1.82) is 0 Å². The second-order valence-electron chi connectivity index (χ2n) is 3.73. The Hall–Kier alpha value is -1.54. The molecule has 8 heteroatoms. The molecule has 1 saturated heterocycles. The van der Waals surface area contributed by atoms with Crippen LogP contribution in [-0.2, 0) is 4.74 Å². The summed E-state index contributed by atoms with van der Waals surface area (Å²) in [6.07, 6.45) is -3.11. The molecule has 0 aliphatic carbocycles. The summed E-state index contributed by atoms with van der Waals surface area (Å²) in [7, 11) is 0. The zero-order chi connectivity index (χ0) is 12.6. The summed E-state index contributed by atoms with van der Waals surface area (Å²) in [5.41, 5.74) is -2.12. The smallest absolute Gasteiger partial charge is 0.330 e. The Kier molecular flexibility index (Phi) is 3.07. The van der Waals surface area contributed by atoms with E-state index in [-0.39, 0.29) is 6.42 Å². The van der Waals surface area contributed by atoms with Crippen molar-refractivity contribution >= 4 is 0 Å². The molecule has 94 valence electrons. The van der Waals surface area contributed by atoms with Gasteiger partial charge in [-0.3, -0.25) is 14.3 Å². The first kappa shape index (κ1) is 11.9. The monoisotopic (exact) mass is 248 g/mol. The zero-order valence-corrected chi connectivity index (χ0v) is 8.60. The van der Waals surface area contributed by atoms with Crippen molar-refractivity contribution in [3.8, 4) is 0 Å². The third-order valence-corrected chi connectivity index (χ3v) is 2.53. The highest BCUT2D eigenvalue weighted by molar-refractivity contribution is 4.91. The molecular formula is C9H10F2N2O4. The molecule has 0 amide bonds. The fraction of sp³-hybridized carbons (Fsp3) is 0.556. The van der Waals surface area contributed by atoms with Crippen LogP contribution in [0.3, 0.4) is 0 Å². The van der Waals surface area contributed by atoms with Crippen LogP contribution in [0.2, 0.25) is 0 Å². The van der Waals surface area contributed by atoms with Crippen LogP contribution >= 0.6 is 0 Å². The average Bonchev–Trinajstić information content (AvgIpc) is 2.65. The van der Waals surface area contributed by atoms with Gasteiger partial charge in [0.15, 0.2) is 6.23 Å². The molecule has 1 aromatic heterocycles. The SMILES string of the molecule is O=c1[nH]c(=O)n([C@H]2O[C@@H](CO)C[C@@H]2F)cc1F. The van der Waals surface area contributed by atoms with Gasteiger partial charge in [0.2, 0.25) is 5.82 Å². The van der Waals surface area contributed by atoms with Crippen LogP contribution in [0.1, 0.15) is 12.6 Å². The number of aliphatic hydroxyl groups is 1. The normalized spacial score (nSPS) is 28.5. The topological polar surface area (TPSA) is 84.3 Å². The number of alkyl halides is 1. The first-order valence-corrected chi connectivity index (χ1v) is 4.94. The maximum absolute atomic E-state index is 13.5. The van der Waals surface area contributed by atoms with E-state index in [0.717, 1.165) is 0 Å². The van der Waals surface area contributed by atoms with Gasteiger partial charge in [0.1, 0.15) is 6.17 Å². The molecule has 1 aromatic rings. The number of aliphatic hydroxyl groups excluding tert-OH is 1. The van der Waals surface area contributed by atoms with Crippen LogP contribution in [0.5, 0.6) is 0 Å². The molecule has 0 bridgehead atoms. The van der Waals surface area contributed by atoms with E-state index < -0.39 is 42.2 Å². The zero-order valence-electron chi connectivity index (χ0n) is 8.60. The standard InChI is InChI=1S/C9H10F2N2O4/c10-5-1-4(3-14)17-8(5)13-2-6(11)7(15)12-9(13)16/h2,4-5,8,14H,1,3H2,(H,12,15,16)/t4-,5+,8+/m1/s1. The molecule has 1 aliphatic rings. The second-order valence-corrected chi connectivity index (χ2v) is 3.73. The lowest BCUT2D eigenvalue weighted by Gasteiger charge is -2.15. The number of ether oxygens (including phenoxy) is 1. The van der Waals surface area contributed by atoms with Crippen molar-refractivity contribution in [2.45, 2.75) is 24.9 Å². The molecule has 6 nitrogen and oxygen atoms in total. The molecule has 2 heterocycles. The van der Waals surface area contributed by atoms with E-state index in [1.165, 1.54) is 0 Å². The minimum atomic E-state index is -1.55. The van der Waals surface area contributed by atoms with Crippen molar-refractivity contribution in [2.24, 2.45) is 0 Å². The number of aromatic nitrogens is 2. The summed E-state index contributed by atoms with van der Waals surface area (Å²) in [6.45, 7) is -0.391. The average molecular weight is 248 g/mol. The van der Waals surface area contributed by atoms with Gasteiger partial charge in [0.25, 0.3) is 5.56 Å². The van der Waals surface area contributed by atoms with Gasteiger partial charge in [-0.1, -0.05) is 0 Å². The number of hydrogen-bond donors (Lipinski definition) is 2. The number of halogens is 2. The van der Waals surface area contributed by atoms with Crippen LogP contribution in [0, 0.1) is 5.82 Å². The second kappa shape index (κ2) is 4.38. The predicted octanol–water partition coefficient (Wildman–Crippen LogP) is -0.706. The minimum Gasteiger partial charge on any atom is -0.394 e. The molecule has 0 spiro atoms. The molecule has 0 saturated carbocycles. The van der Waals surface area contributed by atoms with Crippen molar-refractivity contribution < 1.29 is 18.6 Å². The van der Waals surface area contributed by atoms with E-state index in [0.29, 0.717) is 10.8 Å². The fourth-order valence-electron chi connectivity index (χ4n) is 1.71. The van der Waals surface area contributed by atoms with Crippen LogP contribution in [0.4, 0.5) is 8.78 Å². The molecule has 2 rings (SSSR count). The lowest BCUT2D eigenvalue weighted by atomic mass is 10.2. The highest BCUT2D eigenvalue weighted by atomic mass is 19.1. The fourth-order valence-corrected chi connectivity index (χ4v) is 1.71. The quantitative estimate of drug-likeness (QED) is 0.724. The van der Waals surface area contributed by atoms with Crippen molar-refractivity contribution in [3.63, 3.8) is 0 Å². The Bertz CT molecular complexity index is 526. The molecule has 2 N–H and O–H groups in total. The van der Waals surface area contributed by atoms with Gasteiger partial charge >= 0.3 is 5.69 Å². The summed E-state index contributed by atoms with van der Waals surface area (Å²) in [5.74, 6) is -1.20. The molecule has 17 heavy (non-hydrogen) atoms. The van der Waals surface area contributed by atoms with Gasteiger partial charge in [-0.2, -0.15) is 4.39 Å². The Labute approximate surface area is 93.5 Å². The predicted molar refractivity (Wildman–Crippen MR) is 51.8 cm³/mol. The number of H-pyrrole nitrogens is 1. The summed E-state index contributed by atoms with van der Waals surface area (Å²) in [5, 5.41) is 8.81. The third-order valence-electron chi connectivity index (χ3n) is 2.53. The lowest BCUT2D eigenvalue weighted by Crippen LogP contribution is -2.36. The maximum Gasteiger partial charge on any atom is 0.330 e. The molecule has 1 fully saturated rings. The molecule has 0 unspecified atom stereocenters. The highest BCUT2D eigenvalue weighted by Crippen LogP contribution is 2.29. The van der Waals surface area contributed by atoms with E-state index >= 15 is 0 Å². The van der Waals surface area contributed by atoms with Crippen LogP contribution < -0.4 is 11.2 Å². The van der Waals surface area contributed by atoms with Crippen LogP contribution in [0.15, 0.2) is 15.8 Å². The Morgan fingerprint density at radius 2 is 2.29 bits per heavy atom. The maximum atomic E-state index is 13.5. The van der Waals surface area contributed by atoms with E-state index in [1.54, 1.807) is 4.98 Å². The lowest BCUT2D eigenvalue weighted by molar-refractivity contribution is -0.0399. The molecular weight excluding hydrogens is 238 g/mol. The number of hydrogen-bond acceptors (Lipinski definition) is 4. The Morgan fingerprint density at radius 1 is 1.59 bits per heavy atom. The molecule has 3 atom stereocenters. The third kappa shape index (κ3) is 2.13. The van der Waals surface area contributed by atoms with Gasteiger partial charge in [-0.25, -0.2) is 9.18 Å². The summed E-state index contributed by atoms with van der Waals surface area (Å²) in [6, 6.07) is 0. The van der Waals surface area contributed by atoms with Crippen molar-refractivity contribution in [1.82, 2.24) is 9.55 Å². The van der Waals surface area contributed by atoms with Gasteiger partial charge in [-0.15, -0.1) is 0 Å². The van der Waals surface area contributed by atoms with Crippen LogP contribution in [-0.4, -0.2) is 33.5 Å². The van der Waals surface area contributed by atoms with E-state index in [2.05, 4.69) is 0 Å². The highest BCUT2D eigenvalue weighted by Gasteiger charge is 2.37. The van der Waals surface area contributed by atoms with Crippen molar-refractivity contribution in [2.75, 3.05) is 6.61 Å². The number of rotatable bonds is 2. The molecule has 1 aliphatic heterocycles. The van der Waals surface area contributed by atoms with Gasteiger partial charge in [-0.05, 0) is 0 Å². The molecule has 0 radical (unpaired) electrons. The van der Waals surface area contributed by atoms with E-state index in [1.807, 2.05) is 0 Å². The Balaban J connectivity index is 2.38. The number of nitrogens with zero attached hydrogens (tertiary/aromatic N) is 1. The first-order valence-electron chi connectivity index (χ1n) is 4.94. The summed E-state index contributed by atoms with van der Waals surface area (Å²) in [4.78, 5) is 23.8. The Morgan fingerprint density at radius 3 is 2.88 bits per heavy atom. The van der Waals surface area contributed by atoms with E-state index in [9.17, 15) is 18.4 Å². The number of nitrogens with one attached hydrogen (secondary N) is 1. The van der Waals surface area contributed by atoms with Crippen molar-refractivity contribution in [3.05, 3.63) is 32.9 Å². The van der Waals surface area contributed by atoms with Gasteiger partial charge < -0.3 is 9.84 Å². The first-order chi connectivity index (χ1) is 8.02. The molecule has 0 aromatic carbocycles.